The molecule has 8 aromatic rings. The molecule has 0 radical (unpaired) electrons. The molecule has 4 heteroatoms. The molecule has 0 spiro atoms. The lowest BCUT2D eigenvalue weighted by Gasteiger charge is -2.25. The van der Waals surface area contributed by atoms with Gasteiger partial charge in [0.25, 0.3) is 0 Å². The van der Waals surface area contributed by atoms with Crippen molar-refractivity contribution in [2.45, 2.75) is 0 Å². The first-order chi connectivity index (χ1) is 20.3. The van der Waals surface area contributed by atoms with Gasteiger partial charge in [0.2, 0.25) is 0 Å². The molecule has 194 valence electrons. The maximum Gasteiger partial charge on any atom is 0.124 e. The molecular weight excluding hydrogens is 518 g/mol. The predicted octanol–water partition coefficient (Wildman–Crippen LogP) is 10.7. The highest BCUT2D eigenvalue weighted by molar-refractivity contribution is 7.21. The van der Waals surface area contributed by atoms with Crippen LogP contribution >= 0.6 is 11.3 Å². The average Bonchev–Trinajstić information content (AvgIpc) is 3.62. The first kappa shape index (κ1) is 23.7. The molecule has 0 amide bonds. The second-order valence-electron chi connectivity index (χ2n) is 10.2. The summed E-state index contributed by atoms with van der Waals surface area (Å²) in [4.78, 5) is 10.8. The van der Waals surface area contributed by atoms with Crippen molar-refractivity contribution in [3.8, 4) is 21.7 Å². The fourth-order valence-electron chi connectivity index (χ4n) is 5.61. The molecule has 0 atom stereocenters. The standard InChI is InChI=1S/C37H25N3S/c1-4-10-26(11-5-1)37-39-35-24-34-32(23-36(35)41-37)31-22-27(18-21-33(31)38-34)25-16-19-30(20-17-25)40(28-12-6-2-7-13-28)29-14-8-3-9-15-29/h1-24,38H. The number of anilines is 3. The third-order valence-corrected chi connectivity index (χ3v) is 8.68. The summed E-state index contributed by atoms with van der Waals surface area (Å²) in [6.07, 6.45) is 0. The first-order valence-corrected chi connectivity index (χ1v) is 14.5. The van der Waals surface area contributed by atoms with E-state index in [0.717, 1.165) is 44.2 Å². The van der Waals surface area contributed by atoms with Crippen LogP contribution in [0.5, 0.6) is 0 Å². The van der Waals surface area contributed by atoms with E-state index in [0.29, 0.717) is 0 Å². The van der Waals surface area contributed by atoms with Crippen LogP contribution < -0.4 is 4.90 Å². The van der Waals surface area contributed by atoms with Crippen molar-refractivity contribution in [1.29, 1.82) is 0 Å². The smallest absolute Gasteiger partial charge is 0.124 e. The second-order valence-corrected chi connectivity index (χ2v) is 11.2. The summed E-state index contributed by atoms with van der Waals surface area (Å²) in [5.41, 5.74) is 10.2. The van der Waals surface area contributed by atoms with Gasteiger partial charge in [0.1, 0.15) is 5.01 Å². The van der Waals surface area contributed by atoms with E-state index in [1.54, 1.807) is 11.3 Å². The molecule has 2 aromatic heterocycles. The number of H-pyrrole nitrogens is 1. The molecule has 0 aliphatic carbocycles. The zero-order valence-electron chi connectivity index (χ0n) is 22.2. The average molecular weight is 544 g/mol. The SMILES string of the molecule is c1ccc(-c2nc3cc4[nH]c5ccc(-c6ccc(N(c7ccccc7)c7ccccc7)cc6)cc5c4cc3s2)cc1. The summed E-state index contributed by atoms with van der Waals surface area (Å²) < 4.78 is 1.20. The Balaban J connectivity index is 1.18. The minimum Gasteiger partial charge on any atom is -0.354 e. The zero-order valence-corrected chi connectivity index (χ0v) is 23.0. The summed E-state index contributed by atoms with van der Waals surface area (Å²) >= 11 is 1.75. The first-order valence-electron chi connectivity index (χ1n) is 13.7. The van der Waals surface area contributed by atoms with Gasteiger partial charge in [0.05, 0.1) is 10.2 Å². The molecule has 0 saturated carbocycles. The highest BCUT2D eigenvalue weighted by atomic mass is 32.1. The molecule has 0 aliphatic rings. The van der Waals surface area contributed by atoms with Crippen LogP contribution in [0.4, 0.5) is 17.1 Å². The largest absolute Gasteiger partial charge is 0.354 e. The topological polar surface area (TPSA) is 31.9 Å². The van der Waals surface area contributed by atoms with Gasteiger partial charge < -0.3 is 9.88 Å². The van der Waals surface area contributed by atoms with E-state index in [-0.39, 0.29) is 0 Å². The number of hydrogen-bond donors (Lipinski definition) is 1. The molecule has 1 N–H and O–H groups in total. The Labute approximate surface area is 242 Å². The van der Waals surface area contributed by atoms with E-state index in [4.69, 9.17) is 4.98 Å². The van der Waals surface area contributed by atoms with Gasteiger partial charge in [-0.3, -0.25) is 0 Å². The Morgan fingerprint density at radius 1 is 0.488 bits per heavy atom. The number of fused-ring (bicyclic) bond motifs is 4. The van der Waals surface area contributed by atoms with Crippen LogP contribution in [0.25, 0.3) is 53.7 Å². The molecular formula is C37H25N3S. The van der Waals surface area contributed by atoms with Gasteiger partial charge in [-0.1, -0.05) is 84.9 Å². The van der Waals surface area contributed by atoms with Gasteiger partial charge in [-0.2, -0.15) is 0 Å². The molecule has 2 heterocycles. The van der Waals surface area contributed by atoms with Crippen molar-refractivity contribution in [3.63, 3.8) is 0 Å². The fraction of sp³-hybridized carbons (Fsp3) is 0. The van der Waals surface area contributed by atoms with E-state index >= 15 is 0 Å². The van der Waals surface area contributed by atoms with Crippen molar-refractivity contribution >= 4 is 60.4 Å². The molecule has 3 nitrogen and oxygen atoms in total. The van der Waals surface area contributed by atoms with Gasteiger partial charge in [0, 0.05) is 44.4 Å². The zero-order chi connectivity index (χ0) is 27.2. The Morgan fingerprint density at radius 3 is 1.76 bits per heavy atom. The molecule has 0 aliphatic heterocycles. The Hall–Kier alpha value is -5.19. The van der Waals surface area contributed by atoms with Crippen LogP contribution in [0.15, 0.2) is 146 Å². The van der Waals surface area contributed by atoms with Crippen LogP contribution in [-0.4, -0.2) is 9.97 Å². The van der Waals surface area contributed by atoms with E-state index in [9.17, 15) is 0 Å². The third kappa shape index (κ3) is 4.26. The number of aromatic nitrogens is 2. The maximum atomic E-state index is 4.93. The van der Waals surface area contributed by atoms with E-state index < -0.39 is 0 Å². The number of nitrogens with zero attached hydrogens (tertiary/aromatic N) is 2. The van der Waals surface area contributed by atoms with Crippen LogP contribution in [-0.2, 0) is 0 Å². The van der Waals surface area contributed by atoms with Crippen LogP contribution in [0.2, 0.25) is 0 Å². The van der Waals surface area contributed by atoms with Gasteiger partial charge in [0.15, 0.2) is 0 Å². The van der Waals surface area contributed by atoms with Crippen LogP contribution in [0, 0.1) is 0 Å². The van der Waals surface area contributed by atoms with Crippen molar-refractivity contribution in [3.05, 3.63) is 146 Å². The Kier molecular flexibility index (Phi) is 5.64. The number of rotatable bonds is 5. The minimum absolute atomic E-state index is 1.03. The normalized spacial score (nSPS) is 11.4. The van der Waals surface area contributed by atoms with Crippen LogP contribution in [0.3, 0.4) is 0 Å². The van der Waals surface area contributed by atoms with Crippen molar-refractivity contribution < 1.29 is 0 Å². The monoisotopic (exact) mass is 543 g/mol. The van der Waals surface area contributed by atoms with Gasteiger partial charge in [-0.15, -0.1) is 11.3 Å². The fourth-order valence-corrected chi connectivity index (χ4v) is 6.60. The minimum atomic E-state index is 1.03. The number of hydrogen-bond acceptors (Lipinski definition) is 3. The summed E-state index contributed by atoms with van der Waals surface area (Å²) in [5.74, 6) is 0. The predicted molar refractivity (Wildman–Crippen MR) is 175 cm³/mol. The molecule has 8 rings (SSSR count). The van der Waals surface area contributed by atoms with Crippen molar-refractivity contribution in [2.75, 3.05) is 4.90 Å². The highest BCUT2D eigenvalue weighted by Gasteiger charge is 2.14. The number of para-hydroxylation sites is 2. The molecule has 6 aromatic carbocycles. The number of aromatic amines is 1. The number of nitrogens with one attached hydrogen (secondary N) is 1. The quantitative estimate of drug-likeness (QED) is 0.234. The molecule has 41 heavy (non-hydrogen) atoms. The van der Waals surface area contributed by atoms with Gasteiger partial charge >= 0.3 is 0 Å². The lowest BCUT2D eigenvalue weighted by atomic mass is 10.0. The summed E-state index contributed by atoms with van der Waals surface area (Å²) in [6, 6.07) is 51.5. The van der Waals surface area contributed by atoms with E-state index in [2.05, 4.69) is 149 Å². The number of thiazole rings is 1. The van der Waals surface area contributed by atoms with Gasteiger partial charge in [-0.25, -0.2) is 4.98 Å². The lowest BCUT2D eigenvalue weighted by Crippen LogP contribution is -2.09. The number of benzene rings is 6. The van der Waals surface area contributed by atoms with E-state index in [1.807, 2.05) is 6.07 Å². The van der Waals surface area contributed by atoms with Crippen LogP contribution in [0.1, 0.15) is 0 Å². The molecule has 0 bridgehead atoms. The Morgan fingerprint density at radius 2 is 1.07 bits per heavy atom. The van der Waals surface area contributed by atoms with E-state index in [1.165, 1.54) is 26.6 Å². The lowest BCUT2D eigenvalue weighted by molar-refractivity contribution is 1.28. The molecule has 0 fully saturated rings. The van der Waals surface area contributed by atoms with Crippen molar-refractivity contribution in [1.82, 2.24) is 9.97 Å². The third-order valence-electron chi connectivity index (χ3n) is 7.62. The molecule has 0 saturated heterocycles. The van der Waals surface area contributed by atoms with Crippen molar-refractivity contribution in [2.24, 2.45) is 0 Å². The summed E-state index contributed by atoms with van der Waals surface area (Å²) in [7, 11) is 0. The molecule has 0 unspecified atom stereocenters. The maximum absolute atomic E-state index is 4.93. The summed E-state index contributed by atoms with van der Waals surface area (Å²) in [5, 5.41) is 3.51. The Bertz CT molecular complexity index is 2090. The summed E-state index contributed by atoms with van der Waals surface area (Å²) in [6.45, 7) is 0. The van der Waals surface area contributed by atoms with Gasteiger partial charge in [-0.05, 0) is 71.8 Å². The second kappa shape index (κ2) is 9.77. The highest BCUT2D eigenvalue weighted by Crippen LogP contribution is 2.38.